The van der Waals surface area contributed by atoms with Gasteiger partial charge in [-0.2, -0.15) is 0 Å². The zero-order valence-electron chi connectivity index (χ0n) is 33.4. The third kappa shape index (κ3) is 6.88. The summed E-state index contributed by atoms with van der Waals surface area (Å²) in [6, 6.07) is 81.9. The molecule has 0 saturated carbocycles. The van der Waals surface area contributed by atoms with E-state index < -0.39 is 0 Å². The lowest BCUT2D eigenvalue weighted by Crippen LogP contribution is -2.10. The molecule has 3 nitrogen and oxygen atoms in total. The lowest BCUT2D eigenvalue weighted by molar-refractivity contribution is 0.669. The lowest BCUT2D eigenvalue weighted by atomic mass is 10.0. The molecule has 0 atom stereocenters. The molecule has 3 heteroatoms. The van der Waals surface area contributed by atoms with E-state index in [1.54, 1.807) is 0 Å². The molecule has 11 aromatic rings. The Bertz CT molecular complexity index is 3340. The third-order valence-corrected chi connectivity index (χ3v) is 11.6. The van der Waals surface area contributed by atoms with E-state index in [9.17, 15) is 0 Å². The van der Waals surface area contributed by atoms with Gasteiger partial charge >= 0.3 is 0 Å². The largest absolute Gasteiger partial charge is 0.456 e. The van der Waals surface area contributed by atoms with Crippen LogP contribution < -0.4 is 9.80 Å². The highest BCUT2D eigenvalue weighted by molar-refractivity contribution is 6.07. The maximum atomic E-state index is 6.59. The Hall–Kier alpha value is -8.14. The molecular formula is C58H40N2O. The zero-order valence-corrected chi connectivity index (χ0v) is 33.4. The summed E-state index contributed by atoms with van der Waals surface area (Å²) < 4.78 is 6.59. The standard InChI is InChI=1S/C58H40N2O/c1-3-17-47(18-4-1)59(55-23-11-15-45-13-7-9-21-51(45)55)49-34-32-44(33-35-49)43-30-27-41(28-31-43)25-26-42-29-37-53-54-38-36-50(40-58(54)61-57(53)39-42)60(48-19-5-2-6-20-48)56-24-12-16-46-14-8-10-22-52(46)56/h1-40H/b26-25+. The topological polar surface area (TPSA) is 19.6 Å². The van der Waals surface area contributed by atoms with Crippen molar-refractivity contribution in [3.8, 4) is 11.1 Å². The van der Waals surface area contributed by atoms with Crippen LogP contribution in [0.3, 0.4) is 0 Å². The monoisotopic (exact) mass is 780 g/mol. The van der Waals surface area contributed by atoms with Gasteiger partial charge in [-0.15, -0.1) is 0 Å². The van der Waals surface area contributed by atoms with Gasteiger partial charge in [0, 0.05) is 50.4 Å². The Balaban J connectivity index is 0.849. The number of rotatable bonds is 9. The van der Waals surface area contributed by atoms with Crippen molar-refractivity contribution in [2.45, 2.75) is 0 Å². The smallest absolute Gasteiger partial charge is 0.137 e. The van der Waals surface area contributed by atoms with Crippen molar-refractivity contribution < 1.29 is 4.42 Å². The molecule has 0 amide bonds. The van der Waals surface area contributed by atoms with E-state index in [4.69, 9.17) is 4.42 Å². The van der Waals surface area contributed by atoms with Gasteiger partial charge in [-0.1, -0.05) is 164 Å². The lowest BCUT2D eigenvalue weighted by Gasteiger charge is -2.27. The average Bonchev–Trinajstić information content (AvgIpc) is 3.69. The molecule has 0 radical (unpaired) electrons. The Kier molecular flexibility index (Phi) is 9.18. The molecule has 10 aromatic carbocycles. The molecule has 1 heterocycles. The molecule has 0 aliphatic heterocycles. The molecule has 0 spiro atoms. The average molecular weight is 781 g/mol. The molecule has 1 aromatic heterocycles. The number of fused-ring (bicyclic) bond motifs is 5. The number of anilines is 6. The van der Waals surface area contributed by atoms with Crippen LogP contribution in [0.25, 0.3) is 66.8 Å². The maximum absolute atomic E-state index is 6.59. The van der Waals surface area contributed by atoms with Crippen LogP contribution in [-0.4, -0.2) is 0 Å². The van der Waals surface area contributed by atoms with Gasteiger partial charge in [0.15, 0.2) is 0 Å². The van der Waals surface area contributed by atoms with Crippen LogP contribution in [0, 0.1) is 0 Å². The van der Waals surface area contributed by atoms with Gasteiger partial charge in [0.2, 0.25) is 0 Å². The number of para-hydroxylation sites is 2. The summed E-state index contributed by atoms with van der Waals surface area (Å²) in [5.74, 6) is 0. The Labute approximate surface area is 355 Å². The number of hydrogen-bond donors (Lipinski definition) is 0. The van der Waals surface area contributed by atoms with Crippen molar-refractivity contribution in [3.05, 3.63) is 242 Å². The van der Waals surface area contributed by atoms with Gasteiger partial charge in [-0.05, 0) is 106 Å². The first-order valence-electron chi connectivity index (χ1n) is 20.7. The molecule has 0 aliphatic carbocycles. The summed E-state index contributed by atoms with van der Waals surface area (Å²) in [7, 11) is 0. The van der Waals surface area contributed by atoms with E-state index in [2.05, 4.69) is 252 Å². The first kappa shape index (κ1) is 36.0. The van der Waals surface area contributed by atoms with Crippen molar-refractivity contribution >= 4 is 89.8 Å². The van der Waals surface area contributed by atoms with E-state index in [1.807, 2.05) is 0 Å². The minimum atomic E-state index is 0.861. The molecule has 0 N–H and O–H groups in total. The van der Waals surface area contributed by atoms with Gasteiger partial charge in [0.05, 0.1) is 11.4 Å². The predicted octanol–water partition coefficient (Wildman–Crippen LogP) is 16.7. The van der Waals surface area contributed by atoms with Crippen LogP contribution in [0.2, 0.25) is 0 Å². The molecule has 0 saturated heterocycles. The quantitative estimate of drug-likeness (QED) is 0.136. The van der Waals surface area contributed by atoms with Gasteiger partial charge in [0.1, 0.15) is 11.2 Å². The number of hydrogen-bond acceptors (Lipinski definition) is 3. The second-order valence-corrected chi connectivity index (χ2v) is 15.4. The van der Waals surface area contributed by atoms with Gasteiger partial charge < -0.3 is 14.2 Å². The summed E-state index contributed by atoms with van der Waals surface area (Å²) in [5.41, 5.74) is 13.0. The maximum Gasteiger partial charge on any atom is 0.137 e. The van der Waals surface area contributed by atoms with Gasteiger partial charge in [-0.25, -0.2) is 0 Å². The second kappa shape index (κ2) is 15.6. The van der Waals surface area contributed by atoms with E-state index >= 15 is 0 Å². The van der Waals surface area contributed by atoms with E-state index in [1.165, 1.54) is 32.7 Å². The highest BCUT2D eigenvalue weighted by atomic mass is 16.3. The molecule has 0 aliphatic rings. The first-order chi connectivity index (χ1) is 30.2. The molecule has 0 fully saturated rings. The summed E-state index contributed by atoms with van der Waals surface area (Å²) in [4.78, 5) is 4.66. The van der Waals surface area contributed by atoms with Crippen LogP contribution in [0.1, 0.15) is 11.1 Å². The number of furan rings is 1. The summed E-state index contributed by atoms with van der Waals surface area (Å²) in [6.45, 7) is 0. The zero-order chi connectivity index (χ0) is 40.5. The van der Waals surface area contributed by atoms with E-state index in [-0.39, 0.29) is 0 Å². The van der Waals surface area contributed by atoms with Crippen molar-refractivity contribution in [2.75, 3.05) is 9.80 Å². The predicted molar refractivity (Wildman–Crippen MR) is 259 cm³/mol. The minimum absolute atomic E-state index is 0.861. The third-order valence-electron chi connectivity index (χ3n) is 11.6. The van der Waals surface area contributed by atoms with Crippen molar-refractivity contribution in [1.82, 2.24) is 0 Å². The summed E-state index contributed by atoms with van der Waals surface area (Å²) in [5, 5.41) is 7.05. The Morgan fingerprint density at radius 3 is 1.33 bits per heavy atom. The van der Waals surface area contributed by atoms with Gasteiger partial charge in [0.25, 0.3) is 0 Å². The Morgan fingerprint density at radius 2 is 0.721 bits per heavy atom. The van der Waals surface area contributed by atoms with E-state index in [0.717, 1.165) is 67.2 Å². The SMILES string of the molecule is C(=C\c1ccc2c(c1)oc1cc(N(c3ccccc3)c3cccc4ccccc34)ccc12)/c1ccc(-c2ccc(N(c3ccccc3)c3cccc4ccccc34)cc2)cc1. The molecular weight excluding hydrogens is 741 g/mol. The fourth-order valence-electron chi connectivity index (χ4n) is 8.62. The second-order valence-electron chi connectivity index (χ2n) is 15.4. The Morgan fingerprint density at radius 1 is 0.295 bits per heavy atom. The van der Waals surface area contributed by atoms with Gasteiger partial charge in [-0.3, -0.25) is 0 Å². The van der Waals surface area contributed by atoms with Crippen molar-refractivity contribution in [1.29, 1.82) is 0 Å². The highest BCUT2D eigenvalue weighted by Gasteiger charge is 2.18. The molecule has 11 rings (SSSR count). The normalized spacial score (nSPS) is 11.5. The van der Waals surface area contributed by atoms with Crippen LogP contribution >= 0.6 is 0 Å². The van der Waals surface area contributed by atoms with Crippen LogP contribution in [0.15, 0.2) is 235 Å². The summed E-state index contributed by atoms with van der Waals surface area (Å²) >= 11 is 0. The van der Waals surface area contributed by atoms with E-state index in [0.29, 0.717) is 0 Å². The molecule has 288 valence electrons. The van der Waals surface area contributed by atoms with Crippen molar-refractivity contribution in [2.24, 2.45) is 0 Å². The van der Waals surface area contributed by atoms with Crippen LogP contribution in [0.4, 0.5) is 34.1 Å². The van der Waals surface area contributed by atoms with Crippen LogP contribution in [-0.2, 0) is 0 Å². The minimum Gasteiger partial charge on any atom is -0.456 e. The van der Waals surface area contributed by atoms with Crippen LogP contribution in [0.5, 0.6) is 0 Å². The first-order valence-corrected chi connectivity index (χ1v) is 20.7. The van der Waals surface area contributed by atoms with Crippen molar-refractivity contribution in [3.63, 3.8) is 0 Å². The molecule has 0 unspecified atom stereocenters. The fourth-order valence-corrected chi connectivity index (χ4v) is 8.62. The molecule has 61 heavy (non-hydrogen) atoms. The highest BCUT2D eigenvalue weighted by Crippen LogP contribution is 2.42. The summed E-state index contributed by atoms with van der Waals surface area (Å²) in [6.07, 6.45) is 4.32. The molecule has 0 bridgehead atoms. The number of benzene rings is 10. The fraction of sp³-hybridized carbons (Fsp3) is 0. The number of nitrogens with zero attached hydrogens (tertiary/aromatic N) is 2.